The molecule has 1 rings (SSSR count). The molecule has 84 valence electrons. The molecular weight excluding hydrogens is 202 g/mol. The highest BCUT2D eigenvalue weighted by Gasteiger charge is 2.21. The Labute approximate surface area is 98.7 Å². The van der Waals surface area contributed by atoms with Crippen LogP contribution in [0.1, 0.15) is 30.5 Å². The highest BCUT2D eigenvalue weighted by Crippen LogP contribution is 2.26. The zero-order valence-corrected chi connectivity index (χ0v) is 11.0. The summed E-state index contributed by atoms with van der Waals surface area (Å²) in [4.78, 5) is 0. The van der Waals surface area contributed by atoms with Gasteiger partial charge in [0.2, 0.25) is 0 Å². The van der Waals surface area contributed by atoms with Crippen molar-refractivity contribution < 1.29 is 0 Å². The van der Waals surface area contributed by atoms with Crippen LogP contribution in [0.25, 0.3) is 0 Å². The number of thiol groups is 1. The molecule has 1 N–H and O–H groups in total. The Morgan fingerprint density at radius 2 is 1.93 bits per heavy atom. The molecule has 0 aliphatic carbocycles. The minimum atomic E-state index is 0.167. The first-order valence-corrected chi connectivity index (χ1v) is 6.00. The molecule has 0 atom stereocenters. The van der Waals surface area contributed by atoms with Gasteiger partial charge in [0.05, 0.1) is 0 Å². The molecule has 0 radical (unpaired) electrons. The summed E-state index contributed by atoms with van der Waals surface area (Å²) in [5.74, 6) is 0.730. The van der Waals surface area contributed by atoms with E-state index in [9.17, 15) is 0 Å². The largest absolute Gasteiger partial charge is 0.307 e. The van der Waals surface area contributed by atoms with Crippen LogP contribution >= 0.6 is 12.6 Å². The third-order valence-electron chi connectivity index (χ3n) is 2.79. The van der Waals surface area contributed by atoms with Crippen LogP contribution in [0.4, 0.5) is 0 Å². The van der Waals surface area contributed by atoms with Crippen molar-refractivity contribution in [3.05, 3.63) is 34.9 Å². The van der Waals surface area contributed by atoms with Gasteiger partial charge >= 0.3 is 0 Å². The average molecular weight is 223 g/mol. The summed E-state index contributed by atoms with van der Waals surface area (Å²) >= 11 is 4.18. The standard InChI is InChI=1S/C13H21NS/c1-10-5-6-12(11(2)7-10)13(3,4)8-14-9-15/h5-7,14-15H,8-9H2,1-4H3. The normalized spacial score (nSPS) is 11.8. The van der Waals surface area contributed by atoms with Crippen LogP contribution in [0.2, 0.25) is 0 Å². The first-order valence-electron chi connectivity index (χ1n) is 5.36. The lowest BCUT2D eigenvalue weighted by Gasteiger charge is -2.27. The van der Waals surface area contributed by atoms with Gasteiger partial charge in [-0.1, -0.05) is 37.6 Å². The molecule has 0 bridgehead atoms. The summed E-state index contributed by atoms with van der Waals surface area (Å²) in [6.45, 7) is 9.81. The van der Waals surface area contributed by atoms with Gasteiger partial charge in [-0.2, -0.15) is 12.6 Å². The lowest BCUT2D eigenvalue weighted by atomic mass is 9.81. The van der Waals surface area contributed by atoms with E-state index in [1.807, 2.05) is 0 Å². The van der Waals surface area contributed by atoms with E-state index in [1.165, 1.54) is 16.7 Å². The maximum absolute atomic E-state index is 4.18. The van der Waals surface area contributed by atoms with Gasteiger partial charge in [0, 0.05) is 17.8 Å². The van der Waals surface area contributed by atoms with Gasteiger partial charge in [0.1, 0.15) is 0 Å². The Kier molecular flexibility index (Phi) is 4.23. The predicted molar refractivity (Wildman–Crippen MR) is 70.8 cm³/mol. The van der Waals surface area contributed by atoms with Crippen molar-refractivity contribution in [3.8, 4) is 0 Å². The summed E-state index contributed by atoms with van der Waals surface area (Å²) in [5.41, 5.74) is 4.29. The predicted octanol–water partition coefficient (Wildman–Crippen LogP) is 3.06. The van der Waals surface area contributed by atoms with Crippen molar-refractivity contribution in [2.24, 2.45) is 0 Å². The molecule has 0 spiro atoms. The second kappa shape index (κ2) is 5.04. The van der Waals surface area contributed by atoms with E-state index >= 15 is 0 Å². The van der Waals surface area contributed by atoms with E-state index in [-0.39, 0.29) is 5.41 Å². The van der Waals surface area contributed by atoms with E-state index in [2.05, 4.69) is 63.8 Å². The zero-order chi connectivity index (χ0) is 11.5. The van der Waals surface area contributed by atoms with Gasteiger partial charge < -0.3 is 5.32 Å². The second-order valence-electron chi connectivity index (χ2n) is 4.79. The smallest absolute Gasteiger partial charge is 0.0387 e. The molecule has 0 amide bonds. The van der Waals surface area contributed by atoms with E-state index in [4.69, 9.17) is 0 Å². The van der Waals surface area contributed by atoms with Crippen molar-refractivity contribution in [3.63, 3.8) is 0 Å². The Hall–Kier alpha value is -0.470. The maximum atomic E-state index is 4.18. The monoisotopic (exact) mass is 223 g/mol. The fraction of sp³-hybridized carbons (Fsp3) is 0.538. The van der Waals surface area contributed by atoms with Crippen LogP contribution in [0.15, 0.2) is 18.2 Å². The highest BCUT2D eigenvalue weighted by molar-refractivity contribution is 7.80. The van der Waals surface area contributed by atoms with Gasteiger partial charge in [0.15, 0.2) is 0 Å². The van der Waals surface area contributed by atoms with Crippen molar-refractivity contribution in [2.75, 3.05) is 12.4 Å². The third-order valence-corrected chi connectivity index (χ3v) is 3.01. The molecule has 1 aromatic carbocycles. The molecule has 0 saturated heterocycles. The number of benzene rings is 1. The Morgan fingerprint density at radius 1 is 1.27 bits per heavy atom. The molecule has 0 aliphatic rings. The first-order chi connectivity index (χ1) is 6.97. The SMILES string of the molecule is Cc1ccc(C(C)(C)CNCS)c(C)c1. The molecule has 0 aliphatic heterocycles. The molecule has 15 heavy (non-hydrogen) atoms. The van der Waals surface area contributed by atoms with E-state index in [0.29, 0.717) is 0 Å². The molecule has 0 saturated carbocycles. The summed E-state index contributed by atoms with van der Waals surface area (Å²) in [5, 5.41) is 3.29. The number of nitrogens with one attached hydrogen (secondary N) is 1. The molecule has 2 heteroatoms. The number of aryl methyl sites for hydroxylation is 2. The van der Waals surface area contributed by atoms with E-state index in [1.54, 1.807) is 0 Å². The molecule has 1 aromatic rings. The van der Waals surface area contributed by atoms with Crippen LogP contribution in [-0.4, -0.2) is 12.4 Å². The topological polar surface area (TPSA) is 12.0 Å². The summed E-state index contributed by atoms with van der Waals surface area (Å²) in [6, 6.07) is 6.67. The van der Waals surface area contributed by atoms with Gasteiger partial charge in [-0.25, -0.2) is 0 Å². The van der Waals surface area contributed by atoms with Crippen molar-refractivity contribution >= 4 is 12.6 Å². The summed E-state index contributed by atoms with van der Waals surface area (Å²) in [6.07, 6.45) is 0. The average Bonchev–Trinajstić information content (AvgIpc) is 2.14. The fourth-order valence-corrected chi connectivity index (χ4v) is 2.15. The molecule has 0 heterocycles. The highest BCUT2D eigenvalue weighted by atomic mass is 32.1. The summed E-state index contributed by atoms with van der Waals surface area (Å²) in [7, 11) is 0. The minimum absolute atomic E-state index is 0.167. The molecule has 1 nitrogen and oxygen atoms in total. The lowest BCUT2D eigenvalue weighted by molar-refractivity contribution is 0.488. The van der Waals surface area contributed by atoms with Crippen molar-refractivity contribution in [2.45, 2.75) is 33.1 Å². The Balaban J connectivity index is 2.93. The van der Waals surface area contributed by atoms with Crippen molar-refractivity contribution in [1.29, 1.82) is 0 Å². The number of rotatable bonds is 4. The minimum Gasteiger partial charge on any atom is -0.307 e. The Bertz CT molecular complexity index is 331. The Morgan fingerprint density at radius 3 is 2.47 bits per heavy atom. The lowest BCUT2D eigenvalue weighted by Crippen LogP contribution is -2.33. The quantitative estimate of drug-likeness (QED) is 0.590. The van der Waals surface area contributed by atoms with Crippen LogP contribution in [0, 0.1) is 13.8 Å². The number of hydrogen-bond acceptors (Lipinski definition) is 2. The van der Waals surface area contributed by atoms with Crippen LogP contribution in [0.5, 0.6) is 0 Å². The van der Waals surface area contributed by atoms with Gasteiger partial charge in [-0.15, -0.1) is 0 Å². The molecule has 0 fully saturated rings. The van der Waals surface area contributed by atoms with E-state index < -0.39 is 0 Å². The molecule has 0 aromatic heterocycles. The summed E-state index contributed by atoms with van der Waals surface area (Å²) < 4.78 is 0. The number of hydrogen-bond donors (Lipinski definition) is 2. The van der Waals surface area contributed by atoms with Crippen LogP contribution in [-0.2, 0) is 5.41 Å². The molecule has 0 unspecified atom stereocenters. The second-order valence-corrected chi connectivity index (χ2v) is 5.10. The van der Waals surface area contributed by atoms with Gasteiger partial charge in [-0.3, -0.25) is 0 Å². The van der Waals surface area contributed by atoms with Crippen LogP contribution < -0.4 is 5.32 Å². The zero-order valence-electron chi connectivity index (χ0n) is 10.1. The molecular formula is C13H21NS. The fourth-order valence-electron chi connectivity index (χ4n) is 2.04. The first kappa shape index (κ1) is 12.6. The van der Waals surface area contributed by atoms with E-state index in [0.717, 1.165) is 12.4 Å². The van der Waals surface area contributed by atoms with Crippen molar-refractivity contribution in [1.82, 2.24) is 5.32 Å². The maximum Gasteiger partial charge on any atom is 0.0387 e. The van der Waals surface area contributed by atoms with Gasteiger partial charge in [-0.05, 0) is 25.0 Å². The van der Waals surface area contributed by atoms with Crippen LogP contribution in [0.3, 0.4) is 0 Å². The van der Waals surface area contributed by atoms with Gasteiger partial charge in [0.25, 0.3) is 0 Å². The third kappa shape index (κ3) is 3.25.